The highest BCUT2D eigenvalue weighted by Gasteiger charge is 2.17. The van der Waals surface area contributed by atoms with Crippen molar-refractivity contribution in [2.24, 2.45) is 0 Å². The predicted octanol–water partition coefficient (Wildman–Crippen LogP) is 5.23. The van der Waals surface area contributed by atoms with Gasteiger partial charge in [0.2, 0.25) is 0 Å². The fraction of sp³-hybridized carbons (Fsp3) is 0.143. The molecule has 3 rings (SSSR count). The molecular formula is C14H10Cl2N2O2S2. The molecule has 2 heterocycles. The number of carbonyl (C=O) groups excluding carboxylic acids is 1. The zero-order chi connectivity index (χ0) is 15.9. The molecule has 3 aromatic rings. The van der Waals surface area contributed by atoms with Crippen molar-refractivity contribution < 1.29 is 9.53 Å². The number of halogens is 2. The van der Waals surface area contributed by atoms with E-state index in [0.29, 0.717) is 25.1 Å². The van der Waals surface area contributed by atoms with Crippen LogP contribution in [0.15, 0.2) is 18.2 Å². The number of amides is 1. The third-order valence-corrected chi connectivity index (χ3v) is 5.64. The van der Waals surface area contributed by atoms with E-state index in [0.717, 1.165) is 27.1 Å². The maximum atomic E-state index is 12.3. The van der Waals surface area contributed by atoms with E-state index in [1.807, 2.05) is 19.1 Å². The standard InChI is InChI=1S/C14H10Cl2N2O2S2/c1-6-3-4-8(20-2)10-11(6)22-14(17-10)18-13(19)7-5-9(15)21-12(7)16/h3-5H,1-2H3,(H,17,18,19). The van der Waals surface area contributed by atoms with Gasteiger partial charge in [-0.3, -0.25) is 10.1 Å². The molecule has 0 radical (unpaired) electrons. The molecule has 0 saturated heterocycles. The van der Waals surface area contributed by atoms with Gasteiger partial charge in [-0.15, -0.1) is 11.3 Å². The largest absolute Gasteiger partial charge is 0.494 e. The SMILES string of the molecule is COc1ccc(C)c2sc(NC(=O)c3cc(Cl)sc3Cl)nc12. The van der Waals surface area contributed by atoms with Crippen molar-refractivity contribution in [2.45, 2.75) is 6.92 Å². The van der Waals surface area contributed by atoms with Crippen LogP contribution in [0.5, 0.6) is 5.75 Å². The summed E-state index contributed by atoms with van der Waals surface area (Å²) in [4.78, 5) is 16.7. The molecule has 0 aliphatic carbocycles. The van der Waals surface area contributed by atoms with Crippen LogP contribution in [0.1, 0.15) is 15.9 Å². The van der Waals surface area contributed by atoms with Crippen LogP contribution >= 0.6 is 45.9 Å². The van der Waals surface area contributed by atoms with Crippen LogP contribution in [0.4, 0.5) is 5.13 Å². The Hall–Kier alpha value is -1.34. The highest BCUT2D eigenvalue weighted by atomic mass is 35.5. The van der Waals surface area contributed by atoms with Gasteiger partial charge in [0.1, 0.15) is 15.6 Å². The number of carbonyl (C=O) groups is 1. The maximum Gasteiger partial charge on any atom is 0.259 e. The fourth-order valence-corrected chi connectivity index (χ4v) is 4.39. The lowest BCUT2D eigenvalue weighted by molar-refractivity contribution is 0.102. The van der Waals surface area contributed by atoms with Crippen LogP contribution < -0.4 is 10.1 Å². The average molecular weight is 373 g/mol. The Labute approximate surface area is 144 Å². The second kappa shape index (κ2) is 6.04. The molecule has 0 unspecified atom stereocenters. The molecule has 0 atom stereocenters. The minimum absolute atomic E-state index is 0.330. The number of nitrogens with one attached hydrogen (secondary N) is 1. The molecule has 0 saturated carbocycles. The summed E-state index contributed by atoms with van der Waals surface area (Å²) in [5.41, 5.74) is 2.15. The van der Waals surface area contributed by atoms with Gasteiger partial charge in [0.05, 0.1) is 21.7 Å². The van der Waals surface area contributed by atoms with E-state index in [1.165, 1.54) is 11.3 Å². The van der Waals surface area contributed by atoms with Crippen LogP contribution in [0, 0.1) is 6.92 Å². The van der Waals surface area contributed by atoms with Gasteiger partial charge in [-0.05, 0) is 24.6 Å². The quantitative estimate of drug-likeness (QED) is 0.684. The van der Waals surface area contributed by atoms with Crippen molar-refractivity contribution in [3.05, 3.63) is 38.0 Å². The van der Waals surface area contributed by atoms with Crippen LogP contribution in [0.25, 0.3) is 10.2 Å². The van der Waals surface area contributed by atoms with Gasteiger partial charge >= 0.3 is 0 Å². The highest BCUT2D eigenvalue weighted by Crippen LogP contribution is 2.36. The summed E-state index contributed by atoms with van der Waals surface area (Å²) >= 11 is 14.4. The molecule has 114 valence electrons. The lowest BCUT2D eigenvalue weighted by Gasteiger charge is -2.01. The van der Waals surface area contributed by atoms with Gasteiger partial charge in [0.15, 0.2) is 5.13 Å². The number of thiazole rings is 1. The Morgan fingerprint density at radius 1 is 1.32 bits per heavy atom. The number of anilines is 1. The van der Waals surface area contributed by atoms with Crippen molar-refractivity contribution in [3.63, 3.8) is 0 Å². The molecule has 0 spiro atoms. The summed E-state index contributed by atoms with van der Waals surface area (Å²) < 4.78 is 7.11. The highest BCUT2D eigenvalue weighted by molar-refractivity contribution is 7.22. The van der Waals surface area contributed by atoms with Crippen molar-refractivity contribution in [1.82, 2.24) is 4.98 Å². The van der Waals surface area contributed by atoms with Crippen molar-refractivity contribution in [2.75, 3.05) is 12.4 Å². The third kappa shape index (κ3) is 2.79. The second-order valence-corrected chi connectivity index (χ2v) is 7.76. The van der Waals surface area contributed by atoms with Crippen molar-refractivity contribution >= 4 is 67.1 Å². The van der Waals surface area contributed by atoms with E-state index in [1.54, 1.807) is 13.2 Å². The monoisotopic (exact) mass is 372 g/mol. The summed E-state index contributed by atoms with van der Waals surface area (Å²) in [7, 11) is 1.59. The Morgan fingerprint density at radius 3 is 2.73 bits per heavy atom. The molecule has 0 fully saturated rings. The van der Waals surface area contributed by atoms with E-state index in [9.17, 15) is 4.79 Å². The molecule has 0 aliphatic heterocycles. The first-order valence-corrected chi connectivity index (χ1v) is 8.59. The molecule has 2 aromatic heterocycles. The molecule has 0 bridgehead atoms. The van der Waals surface area contributed by atoms with Gasteiger partial charge in [0.25, 0.3) is 5.91 Å². The number of ether oxygens (including phenoxy) is 1. The number of methoxy groups -OCH3 is 1. The second-order valence-electron chi connectivity index (χ2n) is 4.47. The van der Waals surface area contributed by atoms with Gasteiger partial charge in [-0.2, -0.15) is 0 Å². The fourth-order valence-electron chi connectivity index (χ4n) is 1.99. The lowest BCUT2D eigenvalue weighted by Crippen LogP contribution is -2.10. The number of aromatic nitrogens is 1. The van der Waals surface area contributed by atoms with Crippen LogP contribution in [-0.4, -0.2) is 18.0 Å². The Bertz CT molecular complexity index is 873. The average Bonchev–Trinajstić information content (AvgIpc) is 3.03. The van der Waals surface area contributed by atoms with Crippen LogP contribution in [0.3, 0.4) is 0 Å². The summed E-state index contributed by atoms with van der Waals surface area (Å²) in [5, 5.41) is 3.25. The normalized spacial score (nSPS) is 10.9. The third-order valence-electron chi connectivity index (χ3n) is 3.05. The first-order chi connectivity index (χ1) is 10.5. The van der Waals surface area contributed by atoms with Crippen LogP contribution in [-0.2, 0) is 0 Å². The zero-order valence-corrected chi connectivity index (χ0v) is 14.7. The number of nitrogens with zero attached hydrogens (tertiary/aromatic N) is 1. The molecule has 4 nitrogen and oxygen atoms in total. The number of hydrogen-bond donors (Lipinski definition) is 1. The summed E-state index contributed by atoms with van der Waals surface area (Å²) in [6.07, 6.45) is 0. The van der Waals surface area contributed by atoms with E-state index in [-0.39, 0.29) is 5.91 Å². The number of aryl methyl sites for hydroxylation is 1. The molecule has 1 N–H and O–H groups in total. The number of hydrogen-bond acceptors (Lipinski definition) is 5. The van der Waals surface area contributed by atoms with Crippen molar-refractivity contribution in [3.8, 4) is 5.75 Å². The van der Waals surface area contributed by atoms with Crippen LogP contribution in [0.2, 0.25) is 8.67 Å². The lowest BCUT2D eigenvalue weighted by atomic mass is 10.2. The Morgan fingerprint density at radius 2 is 2.09 bits per heavy atom. The summed E-state index contributed by atoms with van der Waals surface area (Å²) in [5.74, 6) is 0.345. The Kier molecular flexibility index (Phi) is 4.27. The first-order valence-electron chi connectivity index (χ1n) is 6.20. The van der Waals surface area contributed by atoms with Gasteiger partial charge in [-0.1, -0.05) is 40.6 Å². The smallest absolute Gasteiger partial charge is 0.259 e. The van der Waals surface area contributed by atoms with Gasteiger partial charge < -0.3 is 4.74 Å². The Balaban J connectivity index is 1.96. The summed E-state index contributed by atoms with van der Waals surface area (Å²) in [6, 6.07) is 5.36. The van der Waals surface area contributed by atoms with E-state index in [4.69, 9.17) is 27.9 Å². The number of fused-ring (bicyclic) bond motifs is 1. The van der Waals surface area contributed by atoms with Gasteiger partial charge in [0, 0.05) is 0 Å². The minimum Gasteiger partial charge on any atom is -0.494 e. The van der Waals surface area contributed by atoms with E-state index in [2.05, 4.69) is 10.3 Å². The number of rotatable bonds is 3. The number of benzene rings is 1. The molecule has 0 aliphatic rings. The molecule has 1 aromatic carbocycles. The summed E-state index contributed by atoms with van der Waals surface area (Å²) in [6.45, 7) is 1.99. The van der Waals surface area contributed by atoms with Crippen molar-refractivity contribution in [1.29, 1.82) is 0 Å². The molecular weight excluding hydrogens is 363 g/mol. The van der Waals surface area contributed by atoms with Gasteiger partial charge in [-0.25, -0.2) is 4.98 Å². The number of thiophene rings is 1. The maximum absolute atomic E-state index is 12.3. The minimum atomic E-state index is -0.330. The van der Waals surface area contributed by atoms with E-state index < -0.39 is 0 Å². The van der Waals surface area contributed by atoms with E-state index >= 15 is 0 Å². The zero-order valence-electron chi connectivity index (χ0n) is 11.6. The first kappa shape index (κ1) is 15.6. The molecule has 1 amide bonds. The molecule has 22 heavy (non-hydrogen) atoms. The molecule has 8 heteroatoms. The topological polar surface area (TPSA) is 51.2 Å². The predicted molar refractivity (Wildman–Crippen MR) is 93.2 cm³/mol.